The summed E-state index contributed by atoms with van der Waals surface area (Å²) in [6.07, 6.45) is 0.456. The largest absolute Gasteiger partial charge is 0.390 e. The first kappa shape index (κ1) is 33.1. The topological polar surface area (TPSA) is 86.9 Å². The number of nitrogens with two attached hydrogens (primary N) is 1. The lowest BCUT2D eigenvalue weighted by Gasteiger charge is -2.29. The van der Waals surface area contributed by atoms with E-state index in [1.54, 1.807) is 23.1 Å². The molecule has 0 bridgehead atoms. The van der Waals surface area contributed by atoms with Crippen LogP contribution in [0.2, 0.25) is 0 Å². The van der Waals surface area contributed by atoms with E-state index in [2.05, 4.69) is 38.5 Å². The second-order valence-electron chi connectivity index (χ2n) is 10.0. The fourth-order valence-corrected chi connectivity index (χ4v) is 5.73. The minimum Gasteiger partial charge on any atom is -0.390 e. The highest BCUT2D eigenvalue weighted by Crippen LogP contribution is 2.21. The molecule has 10 heteroatoms. The van der Waals surface area contributed by atoms with Gasteiger partial charge in [-0.15, -0.1) is 0 Å². The maximum atomic E-state index is 13.9. The van der Waals surface area contributed by atoms with Crippen LogP contribution >= 0.6 is 38.5 Å². The van der Waals surface area contributed by atoms with Crippen LogP contribution in [0, 0.1) is 15.2 Å². The Hall–Kier alpha value is -2.41. The van der Waals surface area contributed by atoms with E-state index in [9.17, 15) is 23.5 Å². The van der Waals surface area contributed by atoms with Gasteiger partial charge in [-0.05, 0) is 95.4 Å². The highest BCUT2D eigenvalue weighted by molar-refractivity contribution is 14.1. The van der Waals surface area contributed by atoms with Gasteiger partial charge >= 0.3 is 0 Å². The summed E-state index contributed by atoms with van der Waals surface area (Å²) < 4.78 is 28.9. The highest BCUT2D eigenvalue weighted by atomic mass is 127. The summed E-state index contributed by atoms with van der Waals surface area (Å²) in [4.78, 5) is 30.5. The van der Waals surface area contributed by atoms with Crippen LogP contribution in [0.25, 0.3) is 0 Å². The molecule has 3 aromatic rings. The summed E-state index contributed by atoms with van der Waals surface area (Å²) in [7, 11) is 0. The second kappa shape index (κ2) is 15.7. The van der Waals surface area contributed by atoms with E-state index in [0.717, 1.165) is 28.0 Å². The summed E-state index contributed by atoms with van der Waals surface area (Å²) in [5, 5.41) is 11.0. The van der Waals surface area contributed by atoms with Gasteiger partial charge in [-0.2, -0.15) is 0 Å². The maximum Gasteiger partial charge on any atom is 0.254 e. The molecule has 0 aliphatic heterocycles. The molecule has 0 unspecified atom stereocenters. The number of aliphatic hydroxyl groups is 1. The Kier molecular flexibility index (Phi) is 12.7. The van der Waals surface area contributed by atoms with Crippen molar-refractivity contribution in [3.63, 3.8) is 0 Å². The second-order valence-corrected chi connectivity index (χ2v) is 12.2. The lowest BCUT2D eigenvalue weighted by molar-refractivity contribution is 0.0554. The molecule has 2 amide bonds. The molecule has 6 nitrogen and oxygen atoms in total. The van der Waals surface area contributed by atoms with Crippen molar-refractivity contribution in [2.75, 3.05) is 19.6 Å². The maximum absolute atomic E-state index is 13.9. The molecular formula is C31H35BrF2IN3O3. The number of amides is 2. The van der Waals surface area contributed by atoms with Gasteiger partial charge in [-0.25, -0.2) is 8.78 Å². The number of rotatable bonds is 13. The molecule has 0 aromatic heterocycles. The highest BCUT2D eigenvalue weighted by Gasteiger charge is 2.26. The fraction of sp³-hybridized carbons (Fsp3) is 0.355. The number of aliphatic hydroxyl groups excluding tert-OH is 1. The summed E-state index contributed by atoms with van der Waals surface area (Å²) in [5.41, 5.74) is 8.08. The van der Waals surface area contributed by atoms with Crippen LogP contribution in [0.5, 0.6) is 0 Å². The Morgan fingerprint density at radius 2 is 1.49 bits per heavy atom. The molecule has 0 saturated carbocycles. The van der Waals surface area contributed by atoms with Crippen molar-refractivity contribution in [3.05, 3.63) is 103 Å². The number of hydrogen-bond acceptors (Lipinski definition) is 4. The molecule has 0 heterocycles. The summed E-state index contributed by atoms with van der Waals surface area (Å²) in [6, 6.07) is 14.8. The molecule has 3 aromatic carbocycles. The summed E-state index contributed by atoms with van der Waals surface area (Å²) >= 11 is 5.64. The number of hydrogen-bond donors (Lipinski definition) is 2. The quantitative estimate of drug-likeness (QED) is 0.206. The van der Waals surface area contributed by atoms with Gasteiger partial charge in [0.1, 0.15) is 11.6 Å². The van der Waals surface area contributed by atoms with Gasteiger partial charge < -0.3 is 20.6 Å². The first-order chi connectivity index (χ1) is 19.5. The third-order valence-corrected chi connectivity index (χ3v) is 7.64. The normalized spacial score (nSPS) is 12.6. The Labute approximate surface area is 262 Å². The lowest BCUT2D eigenvalue weighted by Crippen LogP contribution is -2.46. The van der Waals surface area contributed by atoms with Crippen LogP contribution in [0.4, 0.5) is 8.78 Å². The van der Waals surface area contributed by atoms with Crippen LogP contribution in [0.1, 0.15) is 58.5 Å². The number of carbonyl (C=O) groups is 2. The SMILES string of the molecule is CCCN(CCC)C(=O)c1cc(Br)cc(C(=O)N(Cc2cccc(I)c2)C[C@@H](O)[C@@H](N)Cc2cc(F)cc(F)c2)c1. The van der Waals surface area contributed by atoms with Crippen LogP contribution in [-0.4, -0.2) is 58.5 Å². The van der Waals surface area contributed by atoms with Crippen LogP contribution in [0.15, 0.2) is 65.1 Å². The molecule has 0 fully saturated rings. The Morgan fingerprint density at radius 1 is 0.902 bits per heavy atom. The van der Waals surface area contributed by atoms with E-state index in [1.165, 1.54) is 17.0 Å². The first-order valence-corrected chi connectivity index (χ1v) is 15.4. The van der Waals surface area contributed by atoms with Crippen LogP contribution < -0.4 is 5.73 Å². The number of benzene rings is 3. The fourth-order valence-electron chi connectivity index (χ4n) is 4.63. The van der Waals surface area contributed by atoms with E-state index >= 15 is 0 Å². The van der Waals surface area contributed by atoms with E-state index in [1.807, 2.05) is 38.1 Å². The number of carbonyl (C=O) groups excluding carboxylic acids is 2. The van der Waals surface area contributed by atoms with Gasteiger partial charge in [0, 0.05) is 57.5 Å². The predicted molar refractivity (Wildman–Crippen MR) is 169 cm³/mol. The third kappa shape index (κ3) is 9.83. The molecular weight excluding hydrogens is 707 g/mol. The van der Waals surface area contributed by atoms with Crippen molar-refractivity contribution >= 4 is 50.3 Å². The van der Waals surface area contributed by atoms with E-state index in [4.69, 9.17) is 5.73 Å². The lowest BCUT2D eigenvalue weighted by atomic mass is 10.0. The van der Waals surface area contributed by atoms with Crippen molar-refractivity contribution < 1.29 is 23.5 Å². The van der Waals surface area contributed by atoms with Crippen molar-refractivity contribution in [3.8, 4) is 0 Å². The Morgan fingerprint density at radius 3 is 2.05 bits per heavy atom. The van der Waals surface area contributed by atoms with Gasteiger partial charge in [-0.3, -0.25) is 9.59 Å². The van der Waals surface area contributed by atoms with E-state index < -0.39 is 23.8 Å². The van der Waals surface area contributed by atoms with Crippen molar-refractivity contribution in [1.29, 1.82) is 0 Å². The summed E-state index contributed by atoms with van der Waals surface area (Å²) in [5.74, 6) is -2.00. The van der Waals surface area contributed by atoms with Gasteiger partial charge in [-0.1, -0.05) is 41.9 Å². The third-order valence-electron chi connectivity index (χ3n) is 6.51. The Balaban J connectivity index is 1.90. The van der Waals surface area contributed by atoms with Gasteiger partial charge in [0.2, 0.25) is 0 Å². The molecule has 0 radical (unpaired) electrons. The average molecular weight is 742 g/mol. The van der Waals surface area contributed by atoms with E-state index in [-0.39, 0.29) is 36.9 Å². The summed E-state index contributed by atoms with van der Waals surface area (Å²) in [6.45, 7) is 5.30. The van der Waals surface area contributed by atoms with Crippen molar-refractivity contribution in [2.24, 2.45) is 5.73 Å². The first-order valence-electron chi connectivity index (χ1n) is 13.5. The molecule has 2 atom stereocenters. The zero-order valence-corrected chi connectivity index (χ0v) is 26.9. The standard InChI is InChI=1S/C31H35BrF2IN3O3/c1-3-8-37(9-4-2)30(40)22-14-23(16-24(32)15-22)31(41)38(18-20-6-5-7-27(35)12-20)19-29(39)28(36)13-21-10-25(33)17-26(34)11-21/h5-7,10-12,14-17,28-29,39H,3-4,8-9,13,18-19,36H2,1-2H3/t28-,29+/m0/s1. The van der Waals surface area contributed by atoms with Crippen LogP contribution in [0.3, 0.4) is 0 Å². The van der Waals surface area contributed by atoms with Crippen molar-refractivity contribution in [2.45, 2.75) is 51.8 Å². The van der Waals surface area contributed by atoms with E-state index in [0.29, 0.717) is 28.7 Å². The predicted octanol–water partition coefficient (Wildman–Crippen LogP) is 6.17. The molecule has 0 spiro atoms. The number of nitrogens with zero attached hydrogens (tertiary/aromatic N) is 2. The molecule has 220 valence electrons. The molecule has 41 heavy (non-hydrogen) atoms. The minimum atomic E-state index is -1.19. The van der Waals surface area contributed by atoms with Gasteiger partial charge in [0.25, 0.3) is 11.8 Å². The molecule has 3 rings (SSSR count). The van der Waals surface area contributed by atoms with Gasteiger partial charge in [0.15, 0.2) is 0 Å². The number of halogens is 4. The monoisotopic (exact) mass is 741 g/mol. The molecule has 0 aliphatic rings. The Bertz CT molecular complexity index is 1330. The zero-order valence-electron chi connectivity index (χ0n) is 23.1. The minimum absolute atomic E-state index is 0.0152. The van der Waals surface area contributed by atoms with Crippen LogP contribution in [-0.2, 0) is 13.0 Å². The molecule has 0 aliphatic carbocycles. The molecule has 3 N–H and O–H groups in total. The zero-order chi connectivity index (χ0) is 30.1. The van der Waals surface area contributed by atoms with Gasteiger partial charge in [0.05, 0.1) is 6.10 Å². The van der Waals surface area contributed by atoms with Crippen molar-refractivity contribution in [1.82, 2.24) is 9.80 Å². The average Bonchev–Trinajstić information content (AvgIpc) is 2.90. The smallest absolute Gasteiger partial charge is 0.254 e. The molecule has 0 saturated heterocycles.